The Morgan fingerprint density at radius 1 is 1.13 bits per heavy atom. The van der Waals surface area contributed by atoms with E-state index in [1.165, 1.54) is 40.2 Å². The molecule has 0 N–H and O–H groups in total. The SMILES string of the molecule is COCCOC(=O)C1=C(C)N=C2SCCC(=O)N2C1c1cc(OC)c(OC)c(OC)c1. The standard InChI is InChI=1S/C21H26N2O7S/c1-12-17(20(25)30-8-7-26-2)18(23-16(24)6-9-31-21(23)22-12)13-10-14(27-3)19(29-5)15(11-13)28-4/h10-11,18H,6-9H2,1-5H3. The molecule has 0 aliphatic carbocycles. The van der Waals surface area contributed by atoms with Crippen molar-refractivity contribution >= 4 is 28.8 Å². The minimum atomic E-state index is -0.739. The zero-order valence-corrected chi connectivity index (χ0v) is 19.0. The van der Waals surface area contributed by atoms with Crippen molar-refractivity contribution in [2.45, 2.75) is 19.4 Å². The number of benzene rings is 1. The quantitative estimate of drug-likeness (QED) is 0.440. The molecule has 0 spiro atoms. The third kappa shape index (κ3) is 4.49. The monoisotopic (exact) mass is 450 g/mol. The molecular formula is C21H26N2O7S. The van der Waals surface area contributed by atoms with Gasteiger partial charge in [-0.2, -0.15) is 0 Å². The van der Waals surface area contributed by atoms with Crippen LogP contribution in [0.2, 0.25) is 0 Å². The van der Waals surface area contributed by atoms with E-state index < -0.39 is 12.0 Å². The molecule has 1 aromatic rings. The molecule has 1 aromatic carbocycles. The summed E-state index contributed by atoms with van der Waals surface area (Å²) in [5, 5.41) is 0.556. The molecule has 1 fully saturated rings. The third-order valence-corrected chi connectivity index (χ3v) is 5.90. The van der Waals surface area contributed by atoms with E-state index in [9.17, 15) is 9.59 Å². The van der Waals surface area contributed by atoms with Crippen LogP contribution in [0.4, 0.5) is 0 Å². The minimum Gasteiger partial charge on any atom is -0.493 e. The number of carbonyl (C=O) groups is 2. The maximum absolute atomic E-state index is 13.0. The number of thioether (sulfide) groups is 1. The van der Waals surface area contributed by atoms with Crippen LogP contribution >= 0.6 is 11.8 Å². The van der Waals surface area contributed by atoms with Gasteiger partial charge in [-0.1, -0.05) is 11.8 Å². The number of hydrogen-bond acceptors (Lipinski definition) is 9. The van der Waals surface area contributed by atoms with Gasteiger partial charge < -0.3 is 23.7 Å². The van der Waals surface area contributed by atoms with Crippen LogP contribution in [0.1, 0.15) is 24.9 Å². The normalized spacial score (nSPS) is 18.4. The molecule has 1 atom stereocenters. The first-order valence-electron chi connectivity index (χ1n) is 9.67. The summed E-state index contributed by atoms with van der Waals surface area (Å²) in [6.45, 7) is 2.09. The van der Waals surface area contributed by atoms with Gasteiger partial charge >= 0.3 is 5.97 Å². The minimum absolute atomic E-state index is 0.0906. The summed E-state index contributed by atoms with van der Waals surface area (Å²) in [5.74, 6) is 1.22. The second-order valence-corrected chi connectivity index (χ2v) is 7.81. The topological polar surface area (TPSA) is 95.9 Å². The van der Waals surface area contributed by atoms with Crippen LogP contribution in [0.15, 0.2) is 28.4 Å². The molecule has 0 saturated carbocycles. The van der Waals surface area contributed by atoms with Gasteiger partial charge in [0, 0.05) is 19.3 Å². The lowest BCUT2D eigenvalue weighted by Crippen LogP contribution is -2.45. The van der Waals surface area contributed by atoms with Crippen molar-refractivity contribution in [2.75, 3.05) is 47.4 Å². The van der Waals surface area contributed by atoms with E-state index in [0.717, 1.165) is 0 Å². The number of hydrogen-bond donors (Lipinski definition) is 0. The van der Waals surface area contributed by atoms with Crippen LogP contribution in [0.5, 0.6) is 17.2 Å². The summed E-state index contributed by atoms with van der Waals surface area (Å²) in [5.41, 5.74) is 1.40. The summed E-state index contributed by atoms with van der Waals surface area (Å²) >= 11 is 1.48. The van der Waals surface area contributed by atoms with E-state index in [0.29, 0.717) is 45.9 Å². The average Bonchev–Trinajstić information content (AvgIpc) is 2.77. The predicted molar refractivity (Wildman–Crippen MR) is 116 cm³/mol. The van der Waals surface area contributed by atoms with Gasteiger partial charge in [-0.15, -0.1) is 0 Å². The first-order valence-corrected chi connectivity index (χ1v) is 10.7. The molecule has 2 aliphatic heterocycles. The molecule has 1 unspecified atom stereocenters. The number of fused-ring (bicyclic) bond motifs is 1. The van der Waals surface area contributed by atoms with Crippen LogP contribution in [0, 0.1) is 0 Å². The van der Waals surface area contributed by atoms with Gasteiger partial charge in [-0.25, -0.2) is 9.79 Å². The Kier molecular flexibility index (Phi) is 7.45. The molecule has 10 heteroatoms. The highest BCUT2D eigenvalue weighted by Crippen LogP contribution is 2.45. The van der Waals surface area contributed by atoms with Gasteiger partial charge in [0.05, 0.1) is 45.2 Å². The summed E-state index contributed by atoms with van der Waals surface area (Å²) in [6, 6.07) is 2.73. The number of aliphatic imine (C=N–C) groups is 1. The Hall–Kier alpha value is -2.72. The largest absolute Gasteiger partial charge is 0.493 e. The molecule has 168 valence electrons. The smallest absolute Gasteiger partial charge is 0.338 e. The number of amidine groups is 1. The van der Waals surface area contributed by atoms with Gasteiger partial charge in [0.2, 0.25) is 11.7 Å². The summed E-state index contributed by atoms with van der Waals surface area (Å²) < 4.78 is 26.7. The Balaban J connectivity index is 2.16. The zero-order valence-electron chi connectivity index (χ0n) is 18.2. The third-order valence-electron chi connectivity index (χ3n) is 4.95. The number of amides is 1. The van der Waals surface area contributed by atoms with Gasteiger partial charge in [0.15, 0.2) is 16.7 Å². The highest BCUT2D eigenvalue weighted by molar-refractivity contribution is 8.14. The fourth-order valence-electron chi connectivity index (χ4n) is 3.53. The number of nitrogens with zero attached hydrogens (tertiary/aromatic N) is 2. The highest BCUT2D eigenvalue weighted by atomic mass is 32.2. The van der Waals surface area contributed by atoms with E-state index in [1.807, 2.05) is 0 Å². The fraction of sp³-hybridized carbons (Fsp3) is 0.476. The van der Waals surface area contributed by atoms with Gasteiger partial charge in [-0.3, -0.25) is 9.69 Å². The predicted octanol–water partition coefficient (Wildman–Crippen LogP) is 2.55. The molecule has 0 radical (unpaired) electrons. The number of carbonyl (C=O) groups excluding carboxylic acids is 2. The first-order chi connectivity index (χ1) is 15.0. The van der Waals surface area contributed by atoms with E-state index in [2.05, 4.69) is 4.99 Å². The maximum Gasteiger partial charge on any atom is 0.338 e. The fourth-order valence-corrected chi connectivity index (χ4v) is 4.53. The van der Waals surface area contributed by atoms with E-state index in [4.69, 9.17) is 23.7 Å². The van der Waals surface area contributed by atoms with Crippen LogP contribution < -0.4 is 14.2 Å². The van der Waals surface area contributed by atoms with Crippen molar-refractivity contribution in [1.82, 2.24) is 4.90 Å². The first kappa shape index (κ1) is 23.0. The van der Waals surface area contributed by atoms with Crippen LogP contribution in [0.3, 0.4) is 0 Å². The van der Waals surface area contributed by atoms with Crippen molar-refractivity contribution in [2.24, 2.45) is 4.99 Å². The van der Waals surface area contributed by atoms with Gasteiger partial charge in [0.25, 0.3) is 0 Å². The summed E-state index contributed by atoms with van der Waals surface area (Å²) in [4.78, 5) is 32.0. The molecule has 1 saturated heterocycles. The van der Waals surface area contributed by atoms with Crippen molar-refractivity contribution in [3.05, 3.63) is 29.0 Å². The Bertz CT molecular complexity index is 903. The Labute approximate surface area is 185 Å². The van der Waals surface area contributed by atoms with E-state index in [1.54, 1.807) is 24.0 Å². The van der Waals surface area contributed by atoms with Crippen molar-refractivity contribution in [3.8, 4) is 17.2 Å². The van der Waals surface area contributed by atoms with Crippen molar-refractivity contribution < 1.29 is 33.3 Å². The molecule has 1 amide bonds. The number of esters is 1. The maximum atomic E-state index is 13.0. The van der Waals surface area contributed by atoms with Crippen LogP contribution in [-0.2, 0) is 19.1 Å². The lowest BCUT2D eigenvalue weighted by molar-refractivity contribution is -0.141. The average molecular weight is 451 g/mol. The molecule has 0 bridgehead atoms. The molecule has 0 aromatic heterocycles. The zero-order chi connectivity index (χ0) is 22.5. The lowest BCUT2D eigenvalue weighted by atomic mass is 9.93. The summed E-state index contributed by atoms with van der Waals surface area (Å²) in [6.07, 6.45) is 0.343. The second kappa shape index (κ2) is 10.1. The number of methoxy groups -OCH3 is 4. The van der Waals surface area contributed by atoms with Gasteiger partial charge in [-0.05, 0) is 24.6 Å². The molecule has 2 heterocycles. The number of allylic oxidation sites excluding steroid dienone is 1. The molecule has 9 nitrogen and oxygen atoms in total. The lowest BCUT2D eigenvalue weighted by Gasteiger charge is -2.39. The van der Waals surface area contributed by atoms with E-state index in [-0.39, 0.29) is 24.7 Å². The Morgan fingerprint density at radius 2 is 1.81 bits per heavy atom. The molecule has 3 rings (SSSR count). The Morgan fingerprint density at radius 3 is 2.39 bits per heavy atom. The molecular weight excluding hydrogens is 424 g/mol. The summed E-state index contributed by atoms with van der Waals surface area (Å²) in [7, 11) is 6.06. The number of rotatable bonds is 8. The van der Waals surface area contributed by atoms with Crippen LogP contribution in [-0.4, -0.2) is 69.3 Å². The van der Waals surface area contributed by atoms with E-state index >= 15 is 0 Å². The highest BCUT2D eigenvalue weighted by Gasteiger charge is 2.42. The van der Waals surface area contributed by atoms with Crippen molar-refractivity contribution in [1.29, 1.82) is 0 Å². The molecule has 31 heavy (non-hydrogen) atoms. The van der Waals surface area contributed by atoms with Gasteiger partial charge in [0.1, 0.15) is 6.61 Å². The second-order valence-electron chi connectivity index (χ2n) is 6.75. The van der Waals surface area contributed by atoms with Crippen LogP contribution in [0.25, 0.3) is 0 Å². The molecule has 2 aliphatic rings. The van der Waals surface area contributed by atoms with Crippen molar-refractivity contribution in [3.63, 3.8) is 0 Å². The number of ether oxygens (including phenoxy) is 5.